The van der Waals surface area contributed by atoms with Gasteiger partial charge in [-0.25, -0.2) is 0 Å². The van der Waals surface area contributed by atoms with Gasteiger partial charge in [0.15, 0.2) is 0 Å². The molecular formula is C20H33NO2. The van der Waals surface area contributed by atoms with Gasteiger partial charge in [-0.3, -0.25) is 4.79 Å². The fraction of sp³-hybridized carbons (Fsp3) is 0.850. The Morgan fingerprint density at radius 2 is 2.04 bits per heavy atom. The number of carboxylic acid groups (broad SMARTS) is 1. The quantitative estimate of drug-likeness (QED) is 0.759. The van der Waals surface area contributed by atoms with Crippen LogP contribution in [-0.2, 0) is 4.79 Å². The predicted octanol–water partition coefficient (Wildman–Crippen LogP) is 4.37. The zero-order chi connectivity index (χ0) is 16.9. The lowest BCUT2D eigenvalue weighted by atomic mass is 9.45. The third-order valence-electron chi connectivity index (χ3n) is 7.74. The van der Waals surface area contributed by atoms with Crippen LogP contribution in [0.15, 0.2) is 11.6 Å². The van der Waals surface area contributed by atoms with E-state index in [-0.39, 0.29) is 11.3 Å². The molecule has 3 N–H and O–H groups in total. The summed E-state index contributed by atoms with van der Waals surface area (Å²) >= 11 is 0. The minimum Gasteiger partial charge on any atom is -0.481 e. The summed E-state index contributed by atoms with van der Waals surface area (Å²) in [4.78, 5) is 12.0. The topological polar surface area (TPSA) is 63.3 Å². The van der Waals surface area contributed by atoms with Gasteiger partial charge >= 0.3 is 5.97 Å². The standard InChI is InChI=1S/C20H33NO2/c1-18(11-12-21)10-7-15-14(13-18)5-6-16-19(15,2)8-4-9-20(16,3)17(22)23/h5,15-16H,4,6-13,21H2,1-3H3,(H,22,23)/t15-,16+,18+,19+,20-/m0/s1. The fourth-order valence-electron chi connectivity index (χ4n) is 6.30. The number of rotatable bonds is 3. The maximum absolute atomic E-state index is 12.0. The molecule has 0 saturated heterocycles. The molecule has 2 fully saturated rings. The van der Waals surface area contributed by atoms with Gasteiger partial charge in [0.25, 0.3) is 0 Å². The Kier molecular flexibility index (Phi) is 4.15. The van der Waals surface area contributed by atoms with Crippen LogP contribution in [0, 0.1) is 28.1 Å². The van der Waals surface area contributed by atoms with E-state index in [1.807, 2.05) is 6.92 Å². The van der Waals surface area contributed by atoms with Crippen LogP contribution >= 0.6 is 0 Å². The predicted molar refractivity (Wildman–Crippen MR) is 93.0 cm³/mol. The first-order valence-corrected chi connectivity index (χ1v) is 9.38. The summed E-state index contributed by atoms with van der Waals surface area (Å²) in [6, 6.07) is 0. The first-order chi connectivity index (χ1) is 10.8. The summed E-state index contributed by atoms with van der Waals surface area (Å²) < 4.78 is 0. The van der Waals surface area contributed by atoms with E-state index in [9.17, 15) is 9.90 Å². The van der Waals surface area contributed by atoms with Crippen molar-refractivity contribution in [2.24, 2.45) is 33.8 Å². The van der Waals surface area contributed by atoms with Crippen molar-refractivity contribution in [1.82, 2.24) is 0 Å². The van der Waals surface area contributed by atoms with Crippen LogP contribution in [0.3, 0.4) is 0 Å². The minimum atomic E-state index is -0.589. The van der Waals surface area contributed by atoms with Crippen molar-refractivity contribution < 1.29 is 9.90 Å². The Balaban J connectivity index is 1.92. The first-order valence-electron chi connectivity index (χ1n) is 9.38. The monoisotopic (exact) mass is 319 g/mol. The Hall–Kier alpha value is -0.830. The number of allylic oxidation sites excluding steroid dienone is 2. The number of fused-ring (bicyclic) bond motifs is 3. The summed E-state index contributed by atoms with van der Waals surface area (Å²) in [5, 5.41) is 9.87. The normalized spacial score (nSPS) is 46.5. The van der Waals surface area contributed by atoms with Gasteiger partial charge in [0.2, 0.25) is 0 Å². The van der Waals surface area contributed by atoms with Crippen LogP contribution in [0.2, 0.25) is 0 Å². The molecule has 0 radical (unpaired) electrons. The average molecular weight is 319 g/mol. The molecule has 0 aliphatic heterocycles. The highest BCUT2D eigenvalue weighted by Crippen LogP contribution is 2.63. The highest BCUT2D eigenvalue weighted by atomic mass is 16.4. The highest BCUT2D eigenvalue weighted by Gasteiger charge is 2.58. The highest BCUT2D eigenvalue weighted by molar-refractivity contribution is 5.75. The second-order valence-corrected chi connectivity index (χ2v) is 9.27. The van der Waals surface area contributed by atoms with Crippen molar-refractivity contribution in [3.05, 3.63) is 11.6 Å². The maximum Gasteiger partial charge on any atom is 0.309 e. The summed E-state index contributed by atoms with van der Waals surface area (Å²) in [6.07, 6.45) is 11.2. The van der Waals surface area contributed by atoms with Gasteiger partial charge in [0.1, 0.15) is 0 Å². The lowest BCUT2D eigenvalue weighted by Gasteiger charge is -2.58. The lowest BCUT2D eigenvalue weighted by molar-refractivity contribution is -0.163. The number of carboxylic acids is 1. The van der Waals surface area contributed by atoms with Crippen LogP contribution < -0.4 is 5.73 Å². The molecule has 3 aliphatic carbocycles. The average Bonchev–Trinajstić information content (AvgIpc) is 2.46. The molecule has 23 heavy (non-hydrogen) atoms. The van der Waals surface area contributed by atoms with Crippen molar-refractivity contribution >= 4 is 5.97 Å². The van der Waals surface area contributed by atoms with Gasteiger partial charge in [-0.2, -0.15) is 0 Å². The molecule has 0 bridgehead atoms. The van der Waals surface area contributed by atoms with E-state index in [2.05, 4.69) is 19.9 Å². The zero-order valence-electron chi connectivity index (χ0n) is 15.0. The van der Waals surface area contributed by atoms with Crippen LogP contribution in [0.5, 0.6) is 0 Å². The second kappa shape index (κ2) is 5.61. The number of hydrogen-bond donors (Lipinski definition) is 2. The second-order valence-electron chi connectivity index (χ2n) is 9.27. The van der Waals surface area contributed by atoms with Gasteiger partial charge < -0.3 is 10.8 Å². The summed E-state index contributed by atoms with van der Waals surface area (Å²) in [5.41, 5.74) is 7.41. The smallest absolute Gasteiger partial charge is 0.309 e. The molecule has 0 aromatic rings. The van der Waals surface area contributed by atoms with E-state index < -0.39 is 11.4 Å². The third-order valence-corrected chi connectivity index (χ3v) is 7.74. The van der Waals surface area contributed by atoms with Crippen LogP contribution in [0.1, 0.15) is 72.1 Å². The number of hydrogen-bond acceptors (Lipinski definition) is 2. The van der Waals surface area contributed by atoms with Gasteiger partial charge in [0.05, 0.1) is 5.41 Å². The van der Waals surface area contributed by atoms with E-state index >= 15 is 0 Å². The largest absolute Gasteiger partial charge is 0.481 e. The van der Waals surface area contributed by atoms with Crippen molar-refractivity contribution in [3.8, 4) is 0 Å². The summed E-state index contributed by atoms with van der Waals surface area (Å²) in [6.45, 7) is 7.54. The van der Waals surface area contributed by atoms with Gasteiger partial charge in [-0.05, 0) is 81.1 Å². The molecule has 3 aliphatic rings. The molecule has 0 heterocycles. The number of carbonyl (C=O) groups is 1. The lowest BCUT2D eigenvalue weighted by Crippen LogP contribution is -2.53. The van der Waals surface area contributed by atoms with Gasteiger partial charge in [0, 0.05) is 0 Å². The van der Waals surface area contributed by atoms with E-state index in [1.165, 1.54) is 25.7 Å². The Bertz CT molecular complexity index is 528. The molecular weight excluding hydrogens is 286 g/mol. The molecule has 3 rings (SSSR count). The van der Waals surface area contributed by atoms with Gasteiger partial charge in [-0.15, -0.1) is 0 Å². The van der Waals surface area contributed by atoms with E-state index in [1.54, 1.807) is 5.57 Å². The van der Waals surface area contributed by atoms with E-state index in [0.29, 0.717) is 11.3 Å². The number of nitrogens with two attached hydrogens (primary N) is 1. The molecule has 3 heteroatoms. The van der Waals surface area contributed by atoms with Crippen molar-refractivity contribution in [2.75, 3.05) is 6.54 Å². The zero-order valence-corrected chi connectivity index (χ0v) is 15.0. The van der Waals surface area contributed by atoms with E-state index in [4.69, 9.17) is 5.73 Å². The molecule has 0 aromatic carbocycles. The van der Waals surface area contributed by atoms with Crippen molar-refractivity contribution in [2.45, 2.75) is 72.1 Å². The van der Waals surface area contributed by atoms with Crippen LogP contribution in [0.25, 0.3) is 0 Å². The van der Waals surface area contributed by atoms with Crippen molar-refractivity contribution in [1.29, 1.82) is 0 Å². The van der Waals surface area contributed by atoms with Gasteiger partial charge in [-0.1, -0.05) is 31.9 Å². The first kappa shape index (κ1) is 17.0. The van der Waals surface area contributed by atoms with Crippen molar-refractivity contribution in [3.63, 3.8) is 0 Å². The molecule has 0 amide bonds. The number of aliphatic carboxylic acids is 1. The Labute approximate surface area is 140 Å². The molecule has 2 saturated carbocycles. The molecule has 0 spiro atoms. The van der Waals surface area contributed by atoms with Crippen LogP contribution in [-0.4, -0.2) is 17.6 Å². The summed E-state index contributed by atoms with van der Waals surface area (Å²) in [7, 11) is 0. The molecule has 0 unspecified atom stereocenters. The maximum atomic E-state index is 12.0. The molecule has 0 aromatic heterocycles. The fourth-order valence-corrected chi connectivity index (χ4v) is 6.30. The Morgan fingerprint density at radius 3 is 2.70 bits per heavy atom. The molecule has 3 nitrogen and oxygen atoms in total. The Morgan fingerprint density at radius 1 is 1.30 bits per heavy atom. The van der Waals surface area contributed by atoms with E-state index in [0.717, 1.165) is 32.2 Å². The molecule has 130 valence electrons. The third kappa shape index (κ3) is 2.56. The molecule has 5 atom stereocenters. The minimum absolute atomic E-state index is 0.166. The summed E-state index contributed by atoms with van der Waals surface area (Å²) in [5.74, 6) is 0.286. The SMILES string of the molecule is C[C@]1(CCN)CC[C@H]2C(=CC[C@@H]3[C@]2(C)CCC[C@]3(C)C(=O)O)C1. The van der Waals surface area contributed by atoms with Crippen LogP contribution in [0.4, 0.5) is 0 Å².